The summed E-state index contributed by atoms with van der Waals surface area (Å²) in [5.74, 6) is 2.53. The standard InChI is InChI=1S/C21H32N4O3/c1-3-22-21(25-16-9-11-20(26)23-14-16)24-13-15-8-10-18(27-2)12-19(15)28-17-6-4-5-7-17/h8,10,12,16-17H,3-7,9,11,13-14H2,1-2H3,(H,23,26)(H2,22,24,25). The van der Waals surface area contributed by atoms with Gasteiger partial charge in [-0.2, -0.15) is 0 Å². The fourth-order valence-electron chi connectivity index (χ4n) is 3.62. The maximum absolute atomic E-state index is 11.4. The van der Waals surface area contributed by atoms with Crippen molar-refractivity contribution in [2.75, 3.05) is 20.2 Å². The third-order valence-corrected chi connectivity index (χ3v) is 5.23. The lowest BCUT2D eigenvalue weighted by Gasteiger charge is -2.25. The molecule has 1 aliphatic carbocycles. The Morgan fingerprint density at radius 2 is 2.11 bits per heavy atom. The predicted molar refractivity (Wildman–Crippen MR) is 110 cm³/mol. The molecule has 7 heteroatoms. The van der Waals surface area contributed by atoms with Crippen molar-refractivity contribution in [2.24, 2.45) is 4.99 Å². The number of hydrogen-bond acceptors (Lipinski definition) is 4. The van der Waals surface area contributed by atoms with Crippen LogP contribution in [-0.4, -0.2) is 44.2 Å². The van der Waals surface area contributed by atoms with E-state index in [0.29, 0.717) is 19.5 Å². The fourth-order valence-corrected chi connectivity index (χ4v) is 3.62. The number of nitrogens with zero attached hydrogens (tertiary/aromatic N) is 1. The van der Waals surface area contributed by atoms with Gasteiger partial charge in [0.1, 0.15) is 11.5 Å². The molecule has 154 valence electrons. The first-order valence-electron chi connectivity index (χ1n) is 10.3. The number of aliphatic imine (C=N–C) groups is 1. The molecule has 0 aromatic heterocycles. The van der Waals surface area contributed by atoms with Crippen molar-refractivity contribution >= 4 is 11.9 Å². The van der Waals surface area contributed by atoms with Gasteiger partial charge in [0.15, 0.2) is 5.96 Å². The maximum atomic E-state index is 11.4. The van der Waals surface area contributed by atoms with Gasteiger partial charge < -0.3 is 25.4 Å². The molecule has 3 N–H and O–H groups in total. The molecule has 1 saturated heterocycles. The molecule has 1 amide bonds. The maximum Gasteiger partial charge on any atom is 0.220 e. The number of ether oxygens (including phenoxy) is 2. The van der Waals surface area contributed by atoms with Crippen LogP contribution in [-0.2, 0) is 11.3 Å². The quantitative estimate of drug-likeness (QED) is 0.493. The molecule has 1 aromatic carbocycles. The van der Waals surface area contributed by atoms with E-state index in [0.717, 1.165) is 48.8 Å². The van der Waals surface area contributed by atoms with Crippen molar-refractivity contribution in [3.05, 3.63) is 23.8 Å². The number of piperidine rings is 1. The smallest absolute Gasteiger partial charge is 0.220 e. The number of carbonyl (C=O) groups is 1. The van der Waals surface area contributed by atoms with Gasteiger partial charge in [-0.1, -0.05) is 0 Å². The van der Waals surface area contributed by atoms with E-state index < -0.39 is 0 Å². The highest BCUT2D eigenvalue weighted by molar-refractivity contribution is 5.81. The highest BCUT2D eigenvalue weighted by Crippen LogP contribution is 2.30. The number of methoxy groups -OCH3 is 1. The van der Waals surface area contributed by atoms with Crippen LogP contribution in [0.25, 0.3) is 0 Å². The lowest BCUT2D eigenvalue weighted by molar-refractivity contribution is -0.122. The van der Waals surface area contributed by atoms with Crippen LogP contribution in [0.3, 0.4) is 0 Å². The Morgan fingerprint density at radius 1 is 1.29 bits per heavy atom. The summed E-state index contributed by atoms with van der Waals surface area (Å²) in [5.41, 5.74) is 1.04. The molecule has 1 atom stereocenters. The third-order valence-electron chi connectivity index (χ3n) is 5.23. The molecule has 0 spiro atoms. The Bertz CT molecular complexity index is 676. The lowest BCUT2D eigenvalue weighted by Crippen LogP contribution is -2.51. The Hall–Kier alpha value is -2.44. The van der Waals surface area contributed by atoms with Crippen LogP contribution < -0.4 is 25.4 Å². The molecular weight excluding hydrogens is 356 g/mol. The van der Waals surface area contributed by atoms with E-state index in [9.17, 15) is 4.79 Å². The summed E-state index contributed by atoms with van der Waals surface area (Å²) in [6.45, 7) is 3.96. The summed E-state index contributed by atoms with van der Waals surface area (Å²) in [7, 11) is 1.67. The fraction of sp³-hybridized carbons (Fsp3) is 0.619. The minimum absolute atomic E-state index is 0.118. The first-order valence-corrected chi connectivity index (χ1v) is 10.3. The molecule has 1 aromatic rings. The second-order valence-electron chi connectivity index (χ2n) is 7.38. The first-order chi connectivity index (χ1) is 13.7. The highest BCUT2D eigenvalue weighted by atomic mass is 16.5. The van der Waals surface area contributed by atoms with Crippen LogP contribution in [0.1, 0.15) is 51.0 Å². The monoisotopic (exact) mass is 388 g/mol. The van der Waals surface area contributed by atoms with Crippen molar-refractivity contribution in [2.45, 2.75) is 64.1 Å². The predicted octanol–water partition coefficient (Wildman–Crippen LogP) is 2.35. The molecule has 3 rings (SSSR count). The number of hydrogen-bond donors (Lipinski definition) is 3. The Balaban J connectivity index is 1.68. The van der Waals surface area contributed by atoms with Gasteiger partial charge in [0, 0.05) is 37.2 Å². The average molecular weight is 389 g/mol. The average Bonchev–Trinajstić information content (AvgIpc) is 3.21. The summed E-state index contributed by atoms with van der Waals surface area (Å²) in [4.78, 5) is 16.1. The van der Waals surface area contributed by atoms with Crippen molar-refractivity contribution < 1.29 is 14.3 Å². The minimum Gasteiger partial charge on any atom is -0.497 e. The molecule has 0 bridgehead atoms. The zero-order chi connectivity index (χ0) is 19.8. The van der Waals surface area contributed by atoms with E-state index in [1.54, 1.807) is 7.11 Å². The van der Waals surface area contributed by atoms with Gasteiger partial charge >= 0.3 is 0 Å². The topological polar surface area (TPSA) is 84.0 Å². The second kappa shape index (κ2) is 10.2. The van der Waals surface area contributed by atoms with Crippen LogP contribution in [0, 0.1) is 0 Å². The second-order valence-corrected chi connectivity index (χ2v) is 7.38. The van der Waals surface area contributed by atoms with Gasteiger partial charge in [0.05, 0.1) is 19.8 Å². The summed E-state index contributed by atoms with van der Waals surface area (Å²) in [5, 5.41) is 9.61. The van der Waals surface area contributed by atoms with E-state index in [1.807, 2.05) is 25.1 Å². The Kier molecular flexibility index (Phi) is 7.39. The van der Waals surface area contributed by atoms with E-state index in [1.165, 1.54) is 12.8 Å². The van der Waals surface area contributed by atoms with Crippen LogP contribution in [0.2, 0.25) is 0 Å². The Labute approximate surface area is 167 Å². The Morgan fingerprint density at radius 3 is 2.79 bits per heavy atom. The number of carbonyl (C=O) groups excluding carboxylic acids is 1. The highest BCUT2D eigenvalue weighted by Gasteiger charge is 2.20. The van der Waals surface area contributed by atoms with E-state index in [4.69, 9.17) is 14.5 Å². The number of guanidine groups is 1. The molecular formula is C21H32N4O3. The molecule has 0 radical (unpaired) electrons. The summed E-state index contributed by atoms with van der Waals surface area (Å²) >= 11 is 0. The molecule has 2 fully saturated rings. The van der Waals surface area contributed by atoms with Crippen LogP contribution in [0.4, 0.5) is 0 Å². The largest absolute Gasteiger partial charge is 0.497 e. The SMILES string of the molecule is CCNC(=NCc1ccc(OC)cc1OC1CCCC1)NC1CCC(=O)NC1. The zero-order valence-corrected chi connectivity index (χ0v) is 16.9. The van der Waals surface area contributed by atoms with Crippen LogP contribution in [0.5, 0.6) is 11.5 Å². The van der Waals surface area contributed by atoms with E-state index in [2.05, 4.69) is 16.0 Å². The third kappa shape index (κ3) is 5.78. The summed E-state index contributed by atoms with van der Waals surface area (Å²) in [6.07, 6.45) is 6.33. The zero-order valence-electron chi connectivity index (χ0n) is 16.9. The molecule has 7 nitrogen and oxygen atoms in total. The van der Waals surface area contributed by atoms with Gasteiger partial charge in [-0.15, -0.1) is 0 Å². The summed E-state index contributed by atoms with van der Waals surface area (Å²) in [6, 6.07) is 6.13. The van der Waals surface area contributed by atoms with Crippen molar-refractivity contribution in [3.63, 3.8) is 0 Å². The first kappa shape index (κ1) is 20.3. The van der Waals surface area contributed by atoms with Gasteiger partial charge in [-0.25, -0.2) is 4.99 Å². The van der Waals surface area contributed by atoms with Gasteiger partial charge in [0.25, 0.3) is 0 Å². The lowest BCUT2D eigenvalue weighted by atomic mass is 10.1. The van der Waals surface area contributed by atoms with E-state index in [-0.39, 0.29) is 18.1 Å². The molecule has 28 heavy (non-hydrogen) atoms. The van der Waals surface area contributed by atoms with Gasteiger partial charge in [0.2, 0.25) is 5.91 Å². The molecule has 1 aliphatic heterocycles. The number of benzene rings is 1. The number of amides is 1. The molecule has 1 heterocycles. The van der Waals surface area contributed by atoms with Gasteiger partial charge in [-0.3, -0.25) is 4.79 Å². The van der Waals surface area contributed by atoms with Gasteiger partial charge in [-0.05, 0) is 51.2 Å². The summed E-state index contributed by atoms with van der Waals surface area (Å²) < 4.78 is 11.6. The normalized spacial score (nSPS) is 20.6. The molecule has 1 unspecified atom stereocenters. The number of nitrogens with one attached hydrogen (secondary N) is 3. The van der Waals surface area contributed by atoms with E-state index >= 15 is 0 Å². The molecule has 1 saturated carbocycles. The molecule has 2 aliphatic rings. The van der Waals surface area contributed by atoms with Crippen molar-refractivity contribution in [1.29, 1.82) is 0 Å². The van der Waals surface area contributed by atoms with Crippen molar-refractivity contribution in [3.8, 4) is 11.5 Å². The minimum atomic E-state index is 0.118. The van der Waals surface area contributed by atoms with Crippen LogP contribution >= 0.6 is 0 Å². The number of rotatable bonds is 7. The van der Waals surface area contributed by atoms with Crippen molar-refractivity contribution in [1.82, 2.24) is 16.0 Å². The van der Waals surface area contributed by atoms with Crippen LogP contribution in [0.15, 0.2) is 23.2 Å².